The van der Waals surface area contributed by atoms with E-state index >= 15 is 0 Å². The van der Waals surface area contributed by atoms with Gasteiger partial charge in [-0.1, -0.05) is 12.1 Å². The van der Waals surface area contributed by atoms with Crippen LogP contribution in [-0.2, 0) is 14.8 Å². The number of amides is 1. The number of ether oxygens (including phenoxy) is 3. The van der Waals surface area contributed by atoms with E-state index in [4.69, 9.17) is 14.2 Å². The zero-order chi connectivity index (χ0) is 21.7. The fraction of sp³-hybridized carbons (Fsp3) is 0.381. The molecule has 1 saturated heterocycles. The number of benzene rings is 2. The van der Waals surface area contributed by atoms with Crippen LogP contribution in [0.15, 0.2) is 47.4 Å². The zero-order valence-corrected chi connectivity index (χ0v) is 18.1. The lowest BCUT2D eigenvalue weighted by atomic mass is 9.98. The SMILES string of the molecule is COc1ccccc1NC(=O)[C@H]1CCCN(S(=O)(=O)c2ccc(OC)c(OC)c2)C1. The second kappa shape index (κ2) is 9.36. The van der Waals surface area contributed by atoms with Crippen molar-refractivity contribution in [2.24, 2.45) is 5.92 Å². The van der Waals surface area contributed by atoms with Crippen LogP contribution in [-0.4, -0.2) is 53.0 Å². The Morgan fingerprint density at radius 2 is 1.70 bits per heavy atom. The molecule has 1 N–H and O–H groups in total. The number of methoxy groups -OCH3 is 3. The van der Waals surface area contributed by atoms with Crippen LogP contribution in [0.25, 0.3) is 0 Å². The van der Waals surface area contributed by atoms with Crippen molar-refractivity contribution < 1.29 is 27.4 Å². The third kappa shape index (κ3) is 4.52. The summed E-state index contributed by atoms with van der Waals surface area (Å²) in [4.78, 5) is 12.9. The summed E-state index contributed by atoms with van der Waals surface area (Å²) in [6, 6.07) is 11.6. The molecule has 1 fully saturated rings. The second-order valence-electron chi connectivity index (χ2n) is 6.91. The first kappa shape index (κ1) is 21.9. The number of carbonyl (C=O) groups is 1. The van der Waals surface area contributed by atoms with Gasteiger partial charge >= 0.3 is 0 Å². The lowest BCUT2D eigenvalue weighted by Gasteiger charge is -2.31. The molecule has 2 aromatic rings. The molecular weight excluding hydrogens is 408 g/mol. The summed E-state index contributed by atoms with van der Waals surface area (Å²) >= 11 is 0. The highest BCUT2D eigenvalue weighted by Gasteiger charge is 2.34. The zero-order valence-electron chi connectivity index (χ0n) is 17.3. The van der Waals surface area contributed by atoms with Crippen LogP contribution < -0.4 is 19.5 Å². The largest absolute Gasteiger partial charge is 0.495 e. The molecule has 2 aromatic carbocycles. The standard InChI is InChI=1S/C21H26N2O6S/c1-27-18-9-5-4-8-17(18)22-21(24)15-7-6-12-23(14-15)30(25,26)16-10-11-19(28-2)20(13-16)29-3/h4-5,8-11,13,15H,6-7,12,14H2,1-3H3,(H,22,24)/t15-/m0/s1. The van der Waals surface area contributed by atoms with Crippen LogP contribution >= 0.6 is 0 Å². The van der Waals surface area contributed by atoms with Gasteiger partial charge in [0.25, 0.3) is 0 Å². The molecule has 3 rings (SSSR count). The fourth-order valence-corrected chi connectivity index (χ4v) is 5.02. The summed E-state index contributed by atoms with van der Waals surface area (Å²) < 4.78 is 43.3. The lowest BCUT2D eigenvalue weighted by Crippen LogP contribution is -2.43. The van der Waals surface area contributed by atoms with E-state index in [0.29, 0.717) is 42.3 Å². The highest BCUT2D eigenvalue weighted by Crippen LogP contribution is 2.32. The van der Waals surface area contributed by atoms with Crippen LogP contribution in [0.2, 0.25) is 0 Å². The van der Waals surface area contributed by atoms with E-state index in [1.807, 2.05) is 6.07 Å². The van der Waals surface area contributed by atoms with E-state index in [0.717, 1.165) is 0 Å². The minimum Gasteiger partial charge on any atom is -0.495 e. The van der Waals surface area contributed by atoms with Gasteiger partial charge in [-0.15, -0.1) is 0 Å². The summed E-state index contributed by atoms with van der Waals surface area (Å²) in [5, 5.41) is 2.85. The van der Waals surface area contributed by atoms with E-state index in [2.05, 4.69) is 5.32 Å². The van der Waals surface area contributed by atoms with Crippen molar-refractivity contribution in [2.45, 2.75) is 17.7 Å². The molecule has 0 aromatic heterocycles. The Bertz CT molecular complexity index is 1010. The van der Waals surface area contributed by atoms with Crippen molar-refractivity contribution in [3.05, 3.63) is 42.5 Å². The van der Waals surface area contributed by atoms with Crippen molar-refractivity contribution in [1.29, 1.82) is 0 Å². The Kier molecular flexibility index (Phi) is 6.84. The minimum absolute atomic E-state index is 0.103. The number of rotatable bonds is 7. The Labute approximate surface area is 176 Å². The quantitative estimate of drug-likeness (QED) is 0.720. The molecule has 0 saturated carbocycles. The van der Waals surface area contributed by atoms with Crippen LogP contribution in [0.3, 0.4) is 0 Å². The van der Waals surface area contributed by atoms with Crippen molar-refractivity contribution in [1.82, 2.24) is 4.31 Å². The number of carbonyl (C=O) groups excluding carboxylic acids is 1. The van der Waals surface area contributed by atoms with E-state index in [9.17, 15) is 13.2 Å². The van der Waals surface area contributed by atoms with E-state index in [-0.39, 0.29) is 17.3 Å². The molecule has 1 aliphatic rings. The smallest absolute Gasteiger partial charge is 0.243 e. The van der Waals surface area contributed by atoms with Gasteiger partial charge < -0.3 is 19.5 Å². The molecule has 0 spiro atoms. The fourth-order valence-electron chi connectivity index (χ4n) is 3.48. The molecule has 162 valence electrons. The molecule has 1 aliphatic heterocycles. The van der Waals surface area contributed by atoms with Gasteiger partial charge in [0, 0.05) is 19.2 Å². The summed E-state index contributed by atoms with van der Waals surface area (Å²) in [7, 11) is 0.692. The Balaban J connectivity index is 1.77. The van der Waals surface area contributed by atoms with E-state index in [1.165, 1.54) is 37.8 Å². The molecule has 8 nitrogen and oxygen atoms in total. The molecule has 0 aliphatic carbocycles. The third-order valence-electron chi connectivity index (χ3n) is 5.11. The molecule has 1 heterocycles. The predicted octanol–water partition coefficient (Wildman–Crippen LogP) is 2.75. The lowest BCUT2D eigenvalue weighted by molar-refractivity contribution is -0.120. The normalized spacial score (nSPS) is 17.2. The summed E-state index contributed by atoms with van der Waals surface area (Å²) in [5.41, 5.74) is 0.560. The Morgan fingerprint density at radius 3 is 2.40 bits per heavy atom. The molecule has 30 heavy (non-hydrogen) atoms. The van der Waals surface area contributed by atoms with Gasteiger partial charge in [0.1, 0.15) is 5.75 Å². The highest BCUT2D eigenvalue weighted by molar-refractivity contribution is 7.89. The molecule has 0 radical (unpaired) electrons. The van der Waals surface area contributed by atoms with Gasteiger partial charge in [-0.3, -0.25) is 4.79 Å². The molecular formula is C21H26N2O6S. The molecule has 9 heteroatoms. The van der Waals surface area contributed by atoms with Crippen LogP contribution in [0.5, 0.6) is 17.2 Å². The Hall–Kier alpha value is -2.78. The van der Waals surface area contributed by atoms with Crippen molar-refractivity contribution in [2.75, 3.05) is 39.7 Å². The molecule has 0 unspecified atom stereocenters. The maximum atomic E-state index is 13.2. The average Bonchev–Trinajstić information content (AvgIpc) is 2.78. The number of hydrogen-bond acceptors (Lipinski definition) is 6. The first-order valence-corrected chi connectivity index (χ1v) is 11.0. The number of anilines is 1. The molecule has 0 bridgehead atoms. The number of nitrogens with one attached hydrogen (secondary N) is 1. The topological polar surface area (TPSA) is 94.2 Å². The van der Waals surface area contributed by atoms with Gasteiger partial charge in [0.15, 0.2) is 11.5 Å². The third-order valence-corrected chi connectivity index (χ3v) is 6.97. The van der Waals surface area contributed by atoms with Gasteiger partial charge in [-0.05, 0) is 37.1 Å². The van der Waals surface area contributed by atoms with Crippen molar-refractivity contribution in [3.8, 4) is 17.2 Å². The van der Waals surface area contributed by atoms with E-state index < -0.39 is 15.9 Å². The number of piperidine rings is 1. The summed E-state index contributed by atoms with van der Waals surface area (Å²) in [6.07, 6.45) is 1.20. The maximum absolute atomic E-state index is 13.2. The second-order valence-corrected chi connectivity index (χ2v) is 8.85. The first-order valence-electron chi connectivity index (χ1n) is 9.56. The van der Waals surface area contributed by atoms with Crippen LogP contribution in [0.4, 0.5) is 5.69 Å². The molecule has 1 amide bonds. The minimum atomic E-state index is -3.78. The van der Waals surface area contributed by atoms with Gasteiger partial charge in [0.2, 0.25) is 15.9 Å². The van der Waals surface area contributed by atoms with Crippen molar-refractivity contribution in [3.63, 3.8) is 0 Å². The molecule has 1 atom stereocenters. The Morgan fingerprint density at radius 1 is 1.00 bits per heavy atom. The van der Waals surface area contributed by atoms with Gasteiger partial charge in [-0.2, -0.15) is 4.31 Å². The highest BCUT2D eigenvalue weighted by atomic mass is 32.2. The maximum Gasteiger partial charge on any atom is 0.243 e. The van der Waals surface area contributed by atoms with Crippen molar-refractivity contribution >= 4 is 21.6 Å². The number of sulfonamides is 1. The average molecular weight is 435 g/mol. The van der Waals surface area contributed by atoms with E-state index in [1.54, 1.807) is 24.3 Å². The number of para-hydroxylation sites is 2. The van der Waals surface area contributed by atoms with Gasteiger partial charge in [0.05, 0.1) is 37.8 Å². The van der Waals surface area contributed by atoms with Crippen LogP contribution in [0, 0.1) is 5.92 Å². The van der Waals surface area contributed by atoms with Crippen LogP contribution in [0.1, 0.15) is 12.8 Å². The summed E-state index contributed by atoms with van der Waals surface area (Å²) in [6.45, 7) is 0.465. The first-order chi connectivity index (χ1) is 14.4. The predicted molar refractivity (Wildman–Crippen MR) is 113 cm³/mol. The number of nitrogens with zero attached hydrogens (tertiary/aromatic N) is 1. The monoisotopic (exact) mass is 434 g/mol. The summed E-state index contributed by atoms with van der Waals surface area (Å²) in [5.74, 6) is 0.645. The number of hydrogen-bond donors (Lipinski definition) is 1. The van der Waals surface area contributed by atoms with Gasteiger partial charge in [-0.25, -0.2) is 8.42 Å².